The molecule has 2 heterocycles. The van der Waals surface area contributed by atoms with Gasteiger partial charge < -0.3 is 24.1 Å². The van der Waals surface area contributed by atoms with E-state index in [1.54, 1.807) is 33.8 Å². The van der Waals surface area contributed by atoms with Gasteiger partial charge in [0, 0.05) is 18.7 Å². The largest absolute Gasteiger partial charge is 0.529 e. The van der Waals surface area contributed by atoms with E-state index in [-0.39, 0.29) is 0 Å². The van der Waals surface area contributed by atoms with Gasteiger partial charge in [-0.2, -0.15) is 0 Å². The molecule has 2 N–H and O–H groups in total. The maximum absolute atomic E-state index is 10.3. The molecule has 0 aliphatic carbocycles. The van der Waals surface area contributed by atoms with Gasteiger partial charge in [-0.3, -0.25) is 0 Å². The fraction of sp³-hybridized carbons (Fsp3) is 0.750. The Hall–Kier alpha value is -0.975. The van der Waals surface area contributed by atoms with Crippen LogP contribution >= 0.6 is 0 Å². The van der Waals surface area contributed by atoms with E-state index in [0.29, 0.717) is 11.7 Å². The molecule has 1 atom stereocenters. The predicted molar refractivity (Wildman–Crippen MR) is 88.4 cm³/mol. The maximum atomic E-state index is 10.3. The Morgan fingerprint density at radius 3 is 2.55 bits per heavy atom. The zero-order valence-corrected chi connectivity index (χ0v) is 14.3. The molecule has 1 unspecified atom stereocenters. The summed E-state index contributed by atoms with van der Waals surface area (Å²) >= 11 is 0. The lowest BCUT2D eigenvalue weighted by Crippen LogP contribution is -2.53. The minimum atomic E-state index is -1.20. The van der Waals surface area contributed by atoms with E-state index in [2.05, 4.69) is 11.8 Å². The molecule has 1 saturated heterocycles. The second kappa shape index (κ2) is 6.26. The molecule has 5 nitrogen and oxygen atoms in total. The second-order valence-corrected chi connectivity index (χ2v) is 7.25. The normalized spacial score (nSPS) is 20.3. The number of nitrogens with zero attached hydrogens (tertiary/aromatic N) is 1. The van der Waals surface area contributed by atoms with E-state index < -0.39 is 18.3 Å². The fourth-order valence-corrected chi connectivity index (χ4v) is 2.54. The van der Waals surface area contributed by atoms with Crippen molar-refractivity contribution in [3.63, 3.8) is 0 Å². The first-order valence-electron chi connectivity index (χ1n) is 8.06. The number of piperidine rings is 1. The maximum Gasteiger partial charge on any atom is 0.529 e. The zero-order chi connectivity index (χ0) is 16.5. The van der Waals surface area contributed by atoms with Crippen molar-refractivity contribution >= 4 is 18.7 Å². The van der Waals surface area contributed by atoms with Gasteiger partial charge in [0.2, 0.25) is 0 Å². The minimum Gasteiger partial charge on any atom is -0.449 e. The van der Waals surface area contributed by atoms with Crippen LogP contribution in [0.4, 0.5) is 5.88 Å². The lowest BCUT2D eigenvalue weighted by molar-refractivity contribution is -0.0986. The average Bonchev–Trinajstić information content (AvgIpc) is 2.87. The summed E-state index contributed by atoms with van der Waals surface area (Å²) in [6, 6.07) is 4.06. The Balaban J connectivity index is 2.07. The number of hydrogen-bond donors (Lipinski definition) is 2. The highest BCUT2D eigenvalue weighted by molar-refractivity contribution is 6.58. The molecule has 1 aromatic heterocycles. The molecule has 0 saturated carbocycles. The molecule has 22 heavy (non-hydrogen) atoms. The molecule has 1 aliphatic heterocycles. The smallest absolute Gasteiger partial charge is 0.449 e. The summed E-state index contributed by atoms with van der Waals surface area (Å²) < 4.78 is 11.4. The Morgan fingerprint density at radius 2 is 1.95 bits per heavy atom. The van der Waals surface area contributed by atoms with Gasteiger partial charge in [0.05, 0.1) is 11.2 Å². The fourth-order valence-electron chi connectivity index (χ4n) is 2.54. The number of hydrogen-bond acceptors (Lipinski definition) is 5. The van der Waals surface area contributed by atoms with Gasteiger partial charge >= 0.3 is 7.12 Å². The van der Waals surface area contributed by atoms with Crippen molar-refractivity contribution in [2.24, 2.45) is 0 Å². The highest BCUT2D eigenvalue weighted by atomic mass is 16.6. The molecular formula is C16H28BNO4. The first-order chi connectivity index (χ1) is 10.1. The van der Waals surface area contributed by atoms with Crippen LogP contribution in [0.5, 0.6) is 0 Å². The molecule has 1 fully saturated rings. The van der Waals surface area contributed by atoms with Crippen LogP contribution in [0, 0.1) is 0 Å². The van der Waals surface area contributed by atoms with E-state index in [0.717, 1.165) is 25.3 Å². The molecule has 0 amide bonds. The Morgan fingerprint density at radius 1 is 1.27 bits per heavy atom. The molecule has 1 aliphatic rings. The highest BCUT2D eigenvalue weighted by Gasteiger charge is 2.40. The van der Waals surface area contributed by atoms with Crippen LogP contribution in [0.15, 0.2) is 16.5 Å². The quantitative estimate of drug-likeness (QED) is 0.813. The summed E-state index contributed by atoms with van der Waals surface area (Å²) in [7, 11) is -1.20. The Kier molecular flexibility index (Phi) is 4.95. The van der Waals surface area contributed by atoms with E-state index >= 15 is 0 Å². The first-order valence-corrected chi connectivity index (χ1v) is 8.06. The lowest BCUT2D eigenvalue weighted by atomic mass is 9.81. The van der Waals surface area contributed by atoms with Crippen molar-refractivity contribution < 1.29 is 19.2 Å². The van der Waals surface area contributed by atoms with Crippen molar-refractivity contribution in [1.29, 1.82) is 0 Å². The highest BCUT2D eigenvalue weighted by Crippen LogP contribution is 2.27. The van der Waals surface area contributed by atoms with Crippen molar-refractivity contribution in [2.75, 3.05) is 11.4 Å². The van der Waals surface area contributed by atoms with Gasteiger partial charge in [0.1, 0.15) is 5.66 Å². The van der Waals surface area contributed by atoms with Crippen molar-refractivity contribution in [3.05, 3.63) is 12.1 Å². The van der Waals surface area contributed by atoms with Crippen LogP contribution < -0.4 is 10.6 Å². The van der Waals surface area contributed by atoms with Crippen LogP contribution in [0.25, 0.3) is 0 Å². The molecule has 0 aromatic carbocycles. The molecule has 0 radical (unpaired) electrons. The molecule has 124 valence electrons. The van der Waals surface area contributed by atoms with Crippen LogP contribution in [0.3, 0.4) is 0 Å². The van der Waals surface area contributed by atoms with E-state index in [1.807, 2.05) is 6.07 Å². The molecule has 2 rings (SSSR count). The lowest BCUT2D eigenvalue weighted by Gasteiger charge is -2.38. The molecule has 0 spiro atoms. The van der Waals surface area contributed by atoms with Gasteiger partial charge in [-0.1, -0.05) is 0 Å². The van der Waals surface area contributed by atoms with E-state index in [4.69, 9.17) is 9.07 Å². The molecule has 0 bridgehead atoms. The summed E-state index contributed by atoms with van der Waals surface area (Å²) in [6.45, 7) is 9.96. The van der Waals surface area contributed by atoms with E-state index in [1.165, 1.54) is 6.42 Å². The Labute approximate surface area is 133 Å². The standard InChI is InChI=1S/C16H28BNO4/c1-12-8-6-7-11-18(12)14-10-9-13(21-14)17(20)22-16(4,5)15(2,3)19/h9-10,12,19-20H,6-8,11H2,1-5H3. The summed E-state index contributed by atoms with van der Waals surface area (Å²) in [6.07, 6.45) is 3.56. The third kappa shape index (κ3) is 3.67. The zero-order valence-electron chi connectivity index (χ0n) is 14.3. The third-order valence-electron chi connectivity index (χ3n) is 4.82. The van der Waals surface area contributed by atoms with Crippen LogP contribution in [-0.2, 0) is 4.65 Å². The van der Waals surface area contributed by atoms with Gasteiger partial charge in [-0.05, 0) is 59.9 Å². The average molecular weight is 309 g/mol. The molecule has 6 heteroatoms. The second-order valence-electron chi connectivity index (χ2n) is 7.25. The summed E-state index contributed by atoms with van der Waals surface area (Å²) in [5.41, 5.74) is -1.62. The topological polar surface area (TPSA) is 66.1 Å². The van der Waals surface area contributed by atoms with Gasteiger partial charge in [-0.15, -0.1) is 0 Å². The SMILES string of the molecule is CC1CCCCN1c1ccc(B(O)OC(C)(C)C(C)(C)O)o1. The number of anilines is 1. The predicted octanol–water partition coefficient (Wildman–Crippen LogP) is 1.91. The summed E-state index contributed by atoms with van der Waals surface area (Å²) in [4.78, 5) is 2.22. The van der Waals surface area contributed by atoms with Gasteiger partial charge in [0.15, 0.2) is 5.88 Å². The Bertz CT molecular complexity index is 495. The van der Waals surface area contributed by atoms with Crippen molar-refractivity contribution in [2.45, 2.75) is 71.1 Å². The van der Waals surface area contributed by atoms with Gasteiger partial charge in [0.25, 0.3) is 0 Å². The van der Waals surface area contributed by atoms with Gasteiger partial charge in [-0.25, -0.2) is 0 Å². The summed E-state index contributed by atoms with van der Waals surface area (Å²) in [5.74, 6) is 0.769. The summed E-state index contributed by atoms with van der Waals surface area (Å²) in [5, 5.41) is 20.4. The monoisotopic (exact) mass is 309 g/mol. The number of furan rings is 1. The number of rotatable bonds is 5. The minimum absolute atomic E-state index is 0.366. The van der Waals surface area contributed by atoms with Crippen LogP contribution in [-0.4, -0.2) is 41.0 Å². The van der Waals surface area contributed by atoms with Crippen LogP contribution in [0.2, 0.25) is 0 Å². The molecular weight excluding hydrogens is 281 g/mol. The molecule has 1 aromatic rings. The number of aliphatic hydroxyl groups is 1. The van der Waals surface area contributed by atoms with Crippen molar-refractivity contribution in [3.8, 4) is 0 Å². The first kappa shape index (κ1) is 17.4. The van der Waals surface area contributed by atoms with Crippen molar-refractivity contribution in [1.82, 2.24) is 0 Å². The van der Waals surface area contributed by atoms with Crippen LogP contribution in [0.1, 0.15) is 53.9 Å². The van der Waals surface area contributed by atoms with E-state index in [9.17, 15) is 10.1 Å². The third-order valence-corrected chi connectivity index (χ3v) is 4.82.